The number of para-hydroxylation sites is 1. The molecule has 1 aromatic carbocycles. The van der Waals surface area contributed by atoms with Gasteiger partial charge in [-0.15, -0.1) is 0 Å². The van der Waals surface area contributed by atoms with E-state index in [9.17, 15) is 0 Å². The molecule has 3 rings (SSSR count). The highest BCUT2D eigenvalue weighted by molar-refractivity contribution is 9.09. The van der Waals surface area contributed by atoms with Crippen molar-refractivity contribution in [3.8, 4) is 0 Å². The molecule has 4 nitrogen and oxygen atoms in total. The zero-order valence-electron chi connectivity index (χ0n) is 12.6. The number of alkyl halides is 1. The van der Waals surface area contributed by atoms with Gasteiger partial charge >= 0.3 is 0 Å². The second kappa shape index (κ2) is 6.46. The molecule has 1 aliphatic rings. The molecular formula is C16H22BrN3O. The first kappa shape index (κ1) is 15.0. The minimum atomic E-state index is 0.272. The van der Waals surface area contributed by atoms with Gasteiger partial charge in [-0.1, -0.05) is 34.1 Å². The minimum absolute atomic E-state index is 0.272. The molecule has 2 atom stereocenters. The van der Waals surface area contributed by atoms with Crippen LogP contribution in [0.15, 0.2) is 24.3 Å². The van der Waals surface area contributed by atoms with Crippen molar-refractivity contribution < 1.29 is 4.74 Å². The summed E-state index contributed by atoms with van der Waals surface area (Å²) < 4.78 is 8.00. The van der Waals surface area contributed by atoms with Gasteiger partial charge in [0.15, 0.2) is 0 Å². The number of aromatic nitrogens is 2. The van der Waals surface area contributed by atoms with Gasteiger partial charge in [-0.25, -0.2) is 0 Å². The highest BCUT2D eigenvalue weighted by Gasteiger charge is 2.25. The molecule has 1 aliphatic heterocycles. The summed E-state index contributed by atoms with van der Waals surface area (Å²) >= 11 is 3.54. The molecule has 0 amide bonds. The molecule has 5 heteroatoms. The Morgan fingerprint density at radius 3 is 2.90 bits per heavy atom. The molecule has 2 heterocycles. The maximum atomic E-state index is 5.90. The van der Waals surface area contributed by atoms with E-state index in [4.69, 9.17) is 9.84 Å². The van der Waals surface area contributed by atoms with Crippen LogP contribution in [0.5, 0.6) is 0 Å². The number of ether oxygens (including phenoxy) is 1. The lowest BCUT2D eigenvalue weighted by atomic mass is 10.1. The molecule has 0 N–H and O–H groups in total. The van der Waals surface area contributed by atoms with Crippen LogP contribution in [-0.2, 0) is 17.8 Å². The second-order valence-corrected chi connectivity index (χ2v) is 6.34. The van der Waals surface area contributed by atoms with Gasteiger partial charge in [0.25, 0.3) is 0 Å². The van der Waals surface area contributed by atoms with Gasteiger partial charge in [-0.3, -0.25) is 9.58 Å². The van der Waals surface area contributed by atoms with Crippen LogP contribution in [0, 0.1) is 0 Å². The van der Waals surface area contributed by atoms with Gasteiger partial charge < -0.3 is 4.74 Å². The van der Waals surface area contributed by atoms with Crippen LogP contribution in [-0.4, -0.2) is 45.3 Å². The topological polar surface area (TPSA) is 30.3 Å². The van der Waals surface area contributed by atoms with Gasteiger partial charge in [0.05, 0.1) is 23.4 Å². The van der Waals surface area contributed by atoms with Gasteiger partial charge in [0.1, 0.15) is 0 Å². The number of aryl methyl sites for hydroxylation is 1. The number of morpholine rings is 1. The zero-order chi connectivity index (χ0) is 14.8. The number of halogens is 1. The standard InChI is InChI=1S/C16H22BrN3O/c1-3-20-16-7-5-4-6-14(16)15(18-20)11-19-9-12(2)21-13(8-17)10-19/h4-7,12-13H,3,8-11H2,1-2H3. The molecule has 1 aromatic heterocycles. The number of nitrogens with zero attached hydrogens (tertiary/aromatic N) is 3. The molecule has 21 heavy (non-hydrogen) atoms. The average Bonchev–Trinajstić information content (AvgIpc) is 2.85. The van der Waals surface area contributed by atoms with Crippen molar-refractivity contribution in [1.82, 2.24) is 14.7 Å². The van der Waals surface area contributed by atoms with Crippen LogP contribution >= 0.6 is 15.9 Å². The van der Waals surface area contributed by atoms with E-state index in [1.54, 1.807) is 0 Å². The number of fused-ring (bicyclic) bond motifs is 1. The SMILES string of the molecule is CCn1nc(CN2CC(C)OC(CBr)C2)c2ccccc21. The predicted molar refractivity (Wildman–Crippen MR) is 88.8 cm³/mol. The summed E-state index contributed by atoms with van der Waals surface area (Å²) in [5.41, 5.74) is 2.41. The Balaban J connectivity index is 1.84. The lowest BCUT2D eigenvalue weighted by Gasteiger charge is -2.35. The highest BCUT2D eigenvalue weighted by atomic mass is 79.9. The summed E-state index contributed by atoms with van der Waals surface area (Å²) in [4.78, 5) is 2.45. The molecule has 0 aliphatic carbocycles. The smallest absolute Gasteiger partial charge is 0.0843 e. The third kappa shape index (κ3) is 3.15. The lowest BCUT2D eigenvalue weighted by Crippen LogP contribution is -2.46. The largest absolute Gasteiger partial charge is 0.372 e. The molecule has 0 radical (unpaired) electrons. The van der Waals surface area contributed by atoms with E-state index in [0.29, 0.717) is 0 Å². The third-order valence-corrected chi connectivity index (χ3v) is 4.70. The predicted octanol–water partition coefficient (Wildman–Crippen LogP) is 3.04. The summed E-state index contributed by atoms with van der Waals surface area (Å²) in [5, 5.41) is 6.96. The van der Waals surface area contributed by atoms with Crippen molar-refractivity contribution in [1.29, 1.82) is 0 Å². The summed E-state index contributed by atoms with van der Waals surface area (Å²) in [6.07, 6.45) is 0.550. The molecule has 114 valence electrons. The van der Waals surface area contributed by atoms with E-state index in [1.807, 2.05) is 0 Å². The fourth-order valence-electron chi connectivity index (χ4n) is 3.12. The Kier molecular flexibility index (Phi) is 4.62. The highest BCUT2D eigenvalue weighted by Crippen LogP contribution is 2.22. The summed E-state index contributed by atoms with van der Waals surface area (Å²) in [5.74, 6) is 0. The molecule has 1 saturated heterocycles. The first-order valence-electron chi connectivity index (χ1n) is 7.59. The first-order chi connectivity index (χ1) is 10.2. The van der Waals surface area contributed by atoms with E-state index in [-0.39, 0.29) is 12.2 Å². The minimum Gasteiger partial charge on any atom is -0.372 e. The molecule has 2 unspecified atom stereocenters. The van der Waals surface area contributed by atoms with Crippen molar-refractivity contribution >= 4 is 26.8 Å². The van der Waals surface area contributed by atoms with Crippen molar-refractivity contribution in [3.63, 3.8) is 0 Å². The van der Waals surface area contributed by atoms with Gasteiger partial charge in [-0.05, 0) is 19.9 Å². The number of benzene rings is 1. The zero-order valence-corrected chi connectivity index (χ0v) is 14.2. The van der Waals surface area contributed by atoms with Gasteiger partial charge in [0, 0.05) is 36.9 Å². The maximum Gasteiger partial charge on any atom is 0.0843 e. The number of rotatable bonds is 4. The Bertz CT molecular complexity index is 613. The molecule has 0 bridgehead atoms. The van der Waals surface area contributed by atoms with Gasteiger partial charge in [0.2, 0.25) is 0 Å². The lowest BCUT2D eigenvalue weighted by molar-refractivity contribution is -0.0680. The van der Waals surface area contributed by atoms with Crippen molar-refractivity contribution in [3.05, 3.63) is 30.0 Å². The Morgan fingerprint density at radius 1 is 1.33 bits per heavy atom. The third-order valence-electron chi connectivity index (χ3n) is 3.98. The molecule has 0 saturated carbocycles. The van der Waals surface area contributed by atoms with Crippen LogP contribution in [0.3, 0.4) is 0 Å². The summed E-state index contributed by atoms with van der Waals surface area (Å²) in [7, 11) is 0. The number of hydrogen-bond donors (Lipinski definition) is 0. The van der Waals surface area contributed by atoms with Crippen molar-refractivity contribution in [2.45, 2.75) is 39.1 Å². The van der Waals surface area contributed by atoms with E-state index < -0.39 is 0 Å². The van der Waals surface area contributed by atoms with E-state index in [2.05, 4.69) is 63.6 Å². The summed E-state index contributed by atoms with van der Waals surface area (Å²) in [6, 6.07) is 8.50. The quantitative estimate of drug-likeness (QED) is 0.793. The van der Waals surface area contributed by atoms with Crippen LogP contribution in [0.1, 0.15) is 19.5 Å². The fourth-order valence-corrected chi connectivity index (χ4v) is 3.48. The Hall–Kier alpha value is -0.910. The monoisotopic (exact) mass is 351 g/mol. The Morgan fingerprint density at radius 2 is 2.14 bits per heavy atom. The van der Waals surface area contributed by atoms with Crippen molar-refractivity contribution in [2.24, 2.45) is 0 Å². The fraction of sp³-hybridized carbons (Fsp3) is 0.562. The Labute approximate surface area is 134 Å². The van der Waals surface area contributed by atoms with E-state index >= 15 is 0 Å². The van der Waals surface area contributed by atoms with Crippen LogP contribution in [0.25, 0.3) is 10.9 Å². The number of hydrogen-bond acceptors (Lipinski definition) is 3. The van der Waals surface area contributed by atoms with E-state index in [1.165, 1.54) is 16.6 Å². The normalized spacial score (nSPS) is 23.8. The molecular weight excluding hydrogens is 330 g/mol. The average molecular weight is 352 g/mol. The maximum absolute atomic E-state index is 5.90. The van der Waals surface area contributed by atoms with Crippen LogP contribution in [0.4, 0.5) is 0 Å². The molecule has 2 aromatic rings. The second-order valence-electron chi connectivity index (χ2n) is 5.70. The van der Waals surface area contributed by atoms with Crippen LogP contribution < -0.4 is 0 Å². The van der Waals surface area contributed by atoms with Crippen molar-refractivity contribution in [2.75, 3.05) is 18.4 Å². The van der Waals surface area contributed by atoms with Gasteiger partial charge in [-0.2, -0.15) is 5.10 Å². The summed E-state index contributed by atoms with van der Waals surface area (Å²) in [6.45, 7) is 8.01. The van der Waals surface area contributed by atoms with Crippen LogP contribution in [0.2, 0.25) is 0 Å². The molecule has 1 fully saturated rings. The van der Waals surface area contributed by atoms with E-state index in [0.717, 1.165) is 31.5 Å². The first-order valence-corrected chi connectivity index (χ1v) is 8.71. The molecule has 0 spiro atoms.